The molecule has 1 amide bonds. The van der Waals surface area contributed by atoms with Crippen LogP contribution in [0.1, 0.15) is 44.7 Å². The minimum Gasteiger partial charge on any atom is -0.488 e. The van der Waals surface area contributed by atoms with Gasteiger partial charge in [-0.1, -0.05) is 6.07 Å². The first kappa shape index (κ1) is 22.6. The topological polar surface area (TPSA) is 50.4 Å². The number of halogens is 4. The van der Waals surface area contributed by atoms with Crippen LogP contribution < -0.4 is 15.4 Å². The zero-order valence-corrected chi connectivity index (χ0v) is 16.0. The van der Waals surface area contributed by atoms with Crippen molar-refractivity contribution in [2.24, 2.45) is 5.92 Å². The molecule has 2 N–H and O–H groups in total. The van der Waals surface area contributed by atoms with Crippen LogP contribution in [0.15, 0.2) is 18.2 Å². The minimum atomic E-state index is -4.51. The molecule has 148 valence electrons. The molecule has 1 aromatic carbocycles. The summed E-state index contributed by atoms with van der Waals surface area (Å²) in [5.41, 5.74) is -1.36. The number of ether oxygens (including phenoxy) is 1. The molecule has 0 aromatic heterocycles. The summed E-state index contributed by atoms with van der Waals surface area (Å²) in [4.78, 5) is 11.8. The van der Waals surface area contributed by atoms with E-state index in [0.717, 1.165) is 12.6 Å². The molecule has 0 unspecified atom stereocenters. The maximum absolute atomic E-state index is 13.3. The Balaban J connectivity index is 0.00000338. The molecule has 1 aliphatic rings. The average molecular weight is 395 g/mol. The van der Waals surface area contributed by atoms with Crippen molar-refractivity contribution < 1.29 is 22.7 Å². The number of hydrogen-bond acceptors (Lipinski definition) is 3. The molecule has 0 saturated heterocycles. The summed E-state index contributed by atoms with van der Waals surface area (Å²) >= 11 is 0. The molecule has 0 heterocycles. The van der Waals surface area contributed by atoms with Crippen molar-refractivity contribution in [3.8, 4) is 5.75 Å². The van der Waals surface area contributed by atoms with Crippen LogP contribution >= 0.6 is 12.4 Å². The predicted octanol–water partition coefficient (Wildman–Crippen LogP) is 3.92. The van der Waals surface area contributed by atoms with E-state index in [-0.39, 0.29) is 42.7 Å². The summed E-state index contributed by atoms with van der Waals surface area (Å²) in [6.45, 7) is 6.02. The van der Waals surface area contributed by atoms with Gasteiger partial charge in [0.25, 0.3) is 0 Å². The van der Waals surface area contributed by atoms with E-state index >= 15 is 0 Å². The average Bonchev–Trinajstić information content (AvgIpc) is 3.27. The molecule has 0 aliphatic heterocycles. The van der Waals surface area contributed by atoms with Crippen LogP contribution in [0.4, 0.5) is 13.2 Å². The molecule has 1 aliphatic carbocycles. The van der Waals surface area contributed by atoms with Crippen molar-refractivity contribution >= 4 is 18.3 Å². The van der Waals surface area contributed by atoms with E-state index in [1.165, 1.54) is 25.0 Å². The van der Waals surface area contributed by atoms with Crippen molar-refractivity contribution in [1.29, 1.82) is 0 Å². The molecule has 1 fully saturated rings. The Morgan fingerprint density at radius 1 is 1.23 bits per heavy atom. The largest absolute Gasteiger partial charge is 0.488 e. The number of carbonyl (C=O) groups excluding carboxylic acids is 1. The minimum absolute atomic E-state index is 0. The molecule has 8 heteroatoms. The smallest absolute Gasteiger partial charge is 0.416 e. The van der Waals surface area contributed by atoms with E-state index in [1.807, 2.05) is 0 Å². The van der Waals surface area contributed by atoms with Crippen LogP contribution in [-0.2, 0) is 17.5 Å². The Kier molecular flexibility index (Phi) is 7.77. The normalized spacial score (nSPS) is 14.5. The van der Waals surface area contributed by atoms with Gasteiger partial charge in [0.05, 0.1) is 12.1 Å². The molecule has 4 nitrogen and oxygen atoms in total. The van der Waals surface area contributed by atoms with Crippen LogP contribution in [-0.4, -0.2) is 24.6 Å². The van der Waals surface area contributed by atoms with Gasteiger partial charge in [0, 0.05) is 6.54 Å². The monoisotopic (exact) mass is 394 g/mol. The fourth-order valence-electron chi connectivity index (χ4n) is 2.36. The van der Waals surface area contributed by atoms with Gasteiger partial charge in [-0.3, -0.25) is 4.79 Å². The fourth-order valence-corrected chi connectivity index (χ4v) is 2.36. The lowest BCUT2D eigenvalue weighted by Crippen LogP contribution is -2.34. The van der Waals surface area contributed by atoms with Gasteiger partial charge >= 0.3 is 6.18 Å². The van der Waals surface area contributed by atoms with Gasteiger partial charge in [-0.25, -0.2) is 0 Å². The molecule has 26 heavy (non-hydrogen) atoms. The first-order valence-corrected chi connectivity index (χ1v) is 8.41. The second kappa shape index (κ2) is 8.95. The number of alkyl halides is 3. The zero-order chi connectivity index (χ0) is 18.7. The van der Waals surface area contributed by atoms with E-state index in [4.69, 9.17) is 4.74 Å². The maximum Gasteiger partial charge on any atom is 0.416 e. The highest BCUT2D eigenvalue weighted by Crippen LogP contribution is 2.35. The van der Waals surface area contributed by atoms with Crippen molar-refractivity contribution in [1.82, 2.24) is 10.6 Å². The highest BCUT2D eigenvalue weighted by molar-refractivity contribution is 5.85. The molecule has 0 bridgehead atoms. The number of hydrogen-bond donors (Lipinski definition) is 2. The van der Waals surface area contributed by atoms with Crippen LogP contribution in [0.5, 0.6) is 5.75 Å². The third kappa shape index (κ3) is 7.83. The van der Waals surface area contributed by atoms with Crippen LogP contribution in [0, 0.1) is 5.92 Å². The quantitative estimate of drug-likeness (QED) is 0.737. The number of carbonyl (C=O) groups is 1. The molecule has 0 radical (unpaired) electrons. The van der Waals surface area contributed by atoms with Gasteiger partial charge in [-0.15, -0.1) is 12.4 Å². The Morgan fingerprint density at radius 2 is 1.88 bits per heavy atom. The van der Waals surface area contributed by atoms with Gasteiger partial charge in [-0.05, 0) is 63.8 Å². The van der Waals surface area contributed by atoms with Crippen LogP contribution in [0.2, 0.25) is 0 Å². The first-order chi connectivity index (χ1) is 11.5. The summed E-state index contributed by atoms with van der Waals surface area (Å²) in [5.74, 6) is 0.477. The Morgan fingerprint density at radius 3 is 2.42 bits per heavy atom. The number of benzene rings is 1. The maximum atomic E-state index is 13.3. The van der Waals surface area contributed by atoms with Crippen molar-refractivity contribution in [3.63, 3.8) is 0 Å². The number of amides is 1. The van der Waals surface area contributed by atoms with Crippen molar-refractivity contribution in [2.45, 2.75) is 51.9 Å². The fraction of sp³-hybridized carbons (Fsp3) is 0.611. The van der Waals surface area contributed by atoms with Crippen molar-refractivity contribution in [2.75, 3.05) is 13.1 Å². The highest BCUT2D eigenvalue weighted by Gasteiger charge is 2.34. The molecule has 1 aromatic rings. The molecule has 0 spiro atoms. The Labute approximate surface area is 158 Å². The predicted molar refractivity (Wildman–Crippen MR) is 96.5 cm³/mol. The lowest BCUT2D eigenvalue weighted by molar-refractivity contribution is -0.138. The summed E-state index contributed by atoms with van der Waals surface area (Å²) < 4.78 is 45.4. The lowest BCUT2D eigenvalue weighted by Gasteiger charge is -2.23. The molecular weight excluding hydrogens is 369 g/mol. The van der Waals surface area contributed by atoms with E-state index < -0.39 is 17.3 Å². The van der Waals surface area contributed by atoms with Crippen LogP contribution in [0.3, 0.4) is 0 Å². The van der Waals surface area contributed by atoms with E-state index in [1.54, 1.807) is 20.8 Å². The Hall–Kier alpha value is -1.47. The van der Waals surface area contributed by atoms with E-state index in [9.17, 15) is 18.0 Å². The molecule has 0 atom stereocenters. The van der Waals surface area contributed by atoms with Gasteiger partial charge < -0.3 is 15.4 Å². The second-order valence-electron chi connectivity index (χ2n) is 7.38. The van der Waals surface area contributed by atoms with Crippen molar-refractivity contribution in [3.05, 3.63) is 29.3 Å². The van der Waals surface area contributed by atoms with Gasteiger partial charge in [0.2, 0.25) is 5.91 Å². The number of rotatable bonds is 7. The molecule has 1 saturated carbocycles. The van der Waals surface area contributed by atoms with Crippen LogP contribution in [0.25, 0.3) is 0 Å². The summed E-state index contributed by atoms with van der Waals surface area (Å²) in [6.07, 6.45) is -2.17. The summed E-state index contributed by atoms with van der Waals surface area (Å²) in [7, 11) is 0. The van der Waals surface area contributed by atoms with E-state index in [2.05, 4.69) is 10.6 Å². The molecule has 2 rings (SSSR count). The summed E-state index contributed by atoms with van der Waals surface area (Å²) in [5, 5.41) is 5.54. The van der Waals surface area contributed by atoms with Gasteiger partial charge in [0.1, 0.15) is 11.4 Å². The molecular formula is C18H26ClF3N2O2. The van der Waals surface area contributed by atoms with Gasteiger partial charge in [-0.2, -0.15) is 13.2 Å². The third-order valence-electron chi connectivity index (χ3n) is 3.70. The second-order valence-corrected chi connectivity index (χ2v) is 7.38. The summed E-state index contributed by atoms with van der Waals surface area (Å²) in [6, 6.07) is 3.83. The highest BCUT2D eigenvalue weighted by atomic mass is 35.5. The van der Waals surface area contributed by atoms with E-state index in [0.29, 0.717) is 5.92 Å². The standard InChI is InChI=1S/C18H25F3N2O2.ClH/c1-17(2,3)25-14-7-6-13(15(8-14)18(19,20)21)10-23-16(24)11-22-9-12-4-5-12;/h6-8,12,22H,4-5,9-11H2,1-3H3,(H,23,24);1H. The zero-order valence-electron chi connectivity index (χ0n) is 15.2. The number of nitrogens with one attached hydrogen (secondary N) is 2. The Bertz CT molecular complexity index is 611. The third-order valence-corrected chi connectivity index (χ3v) is 3.70. The van der Waals surface area contributed by atoms with Gasteiger partial charge in [0.15, 0.2) is 0 Å². The first-order valence-electron chi connectivity index (χ1n) is 8.41. The lowest BCUT2D eigenvalue weighted by atomic mass is 10.1. The SMILES string of the molecule is CC(C)(C)Oc1ccc(CNC(=O)CNCC2CC2)c(C(F)(F)F)c1.Cl.